The van der Waals surface area contributed by atoms with Gasteiger partial charge < -0.3 is 10.5 Å². The molecule has 0 aliphatic rings. The van der Waals surface area contributed by atoms with Gasteiger partial charge >= 0.3 is 6.18 Å². The Morgan fingerprint density at radius 3 is 2.47 bits per heavy atom. The fourth-order valence-corrected chi connectivity index (χ4v) is 1.77. The minimum absolute atomic E-state index is 0.0430. The van der Waals surface area contributed by atoms with Gasteiger partial charge in [-0.15, -0.1) is 0 Å². The van der Waals surface area contributed by atoms with Crippen LogP contribution in [0.5, 0.6) is 11.5 Å². The number of alkyl halides is 3. The predicted molar refractivity (Wildman–Crippen MR) is 67.9 cm³/mol. The molecule has 2 aromatic rings. The van der Waals surface area contributed by atoms with Crippen molar-refractivity contribution in [2.45, 2.75) is 6.18 Å². The molecule has 1 heterocycles. The predicted octanol–water partition coefficient (Wildman–Crippen LogP) is 4.24. The van der Waals surface area contributed by atoms with Gasteiger partial charge in [0.15, 0.2) is 0 Å². The lowest BCUT2D eigenvalue weighted by molar-refractivity contribution is -0.137. The summed E-state index contributed by atoms with van der Waals surface area (Å²) in [6.45, 7) is 0. The number of rotatable bonds is 2. The number of hydrogen-bond acceptors (Lipinski definition) is 3. The van der Waals surface area contributed by atoms with Crippen LogP contribution in [0.2, 0.25) is 0 Å². The fourth-order valence-electron chi connectivity index (χ4n) is 1.43. The summed E-state index contributed by atoms with van der Waals surface area (Å²) in [7, 11) is 0. The molecule has 0 amide bonds. The van der Waals surface area contributed by atoms with Gasteiger partial charge in [0, 0.05) is 16.4 Å². The van der Waals surface area contributed by atoms with Crippen molar-refractivity contribution in [2.75, 3.05) is 5.73 Å². The third-order valence-corrected chi connectivity index (χ3v) is 2.68. The van der Waals surface area contributed by atoms with Crippen molar-refractivity contribution >= 4 is 21.6 Å². The van der Waals surface area contributed by atoms with E-state index in [2.05, 4.69) is 20.9 Å². The summed E-state index contributed by atoms with van der Waals surface area (Å²) < 4.78 is 44.0. The summed E-state index contributed by atoms with van der Waals surface area (Å²) in [5.74, 6) is 0.369. The summed E-state index contributed by atoms with van der Waals surface area (Å²) in [6.07, 6.45) is -1.58. The quantitative estimate of drug-likeness (QED) is 0.837. The molecule has 0 fully saturated rings. The summed E-state index contributed by atoms with van der Waals surface area (Å²) in [6, 6.07) is 4.97. The highest BCUT2D eigenvalue weighted by atomic mass is 79.9. The van der Waals surface area contributed by atoms with Gasteiger partial charge in [0.05, 0.1) is 11.8 Å². The molecule has 0 bridgehead atoms. The number of halogens is 4. The van der Waals surface area contributed by atoms with Crippen molar-refractivity contribution in [2.24, 2.45) is 0 Å². The first-order chi connectivity index (χ1) is 8.86. The van der Waals surface area contributed by atoms with E-state index in [-0.39, 0.29) is 11.4 Å². The first-order valence-electron chi connectivity index (χ1n) is 5.11. The Morgan fingerprint density at radius 2 is 1.84 bits per heavy atom. The van der Waals surface area contributed by atoms with Crippen molar-refractivity contribution in [1.29, 1.82) is 0 Å². The third kappa shape index (κ3) is 3.37. The lowest BCUT2D eigenvalue weighted by atomic mass is 10.1. The van der Waals surface area contributed by atoms with Gasteiger partial charge in [-0.3, -0.25) is 4.98 Å². The molecular formula is C12H8BrF3N2O. The van der Waals surface area contributed by atoms with Crippen LogP contribution < -0.4 is 10.5 Å². The Balaban J connectivity index is 2.32. The molecule has 0 aliphatic carbocycles. The number of pyridine rings is 1. The molecule has 2 rings (SSSR count). The van der Waals surface area contributed by atoms with Crippen LogP contribution in [0, 0.1) is 0 Å². The first-order valence-corrected chi connectivity index (χ1v) is 5.90. The second kappa shape index (κ2) is 5.08. The standard InChI is InChI=1S/C12H8BrF3N2O/c13-7-3-9(6-18-5-7)19-8-1-2-11(17)10(4-8)12(14,15)16/h1-6H,17H2. The van der Waals surface area contributed by atoms with Gasteiger partial charge in [0.25, 0.3) is 0 Å². The van der Waals surface area contributed by atoms with Crippen LogP contribution in [-0.4, -0.2) is 4.98 Å². The zero-order chi connectivity index (χ0) is 14.0. The van der Waals surface area contributed by atoms with E-state index in [1.165, 1.54) is 18.5 Å². The molecule has 7 heteroatoms. The Labute approximate surface area is 115 Å². The number of nitrogens with two attached hydrogens (primary N) is 1. The highest BCUT2D eigenvalue weighted by Crippen LogP contribution is 2.36. The number of nitrogen functional groups attached to an aromatic ring is 1. The molecule has 0 unspecified atom stereocenters. The lowest BCUT2D eigenvalue weighted by Crippen LogP contribution is -2.08. The van der Waals surface area contributed by atoms with Crippen LogP contribution in [0.15, 0.2) is 41.1 Å². The van der Waals surface area contributed by atoms with Crippen LogP contribution in [-0.2, 0) is 6.18 Å². The van der Waals surface area contributed by atoms with Crippen LogP contribution in [0.25, 0.3) is 0 Å². The maximum absolute atomic E-state index is 12.7. The maximum atomic E-state index is 12.7. The Morgan fingerprint density at radius 1 is 1.11 bits per heavy atom. The van der Waals surface area contributed by atoms with Gasteiger partial charge in [-0.2, -0.15) is 13.2 Å². The van der Waals surface area contributed by atoms with E-state index in [1.54, 1.807) is 6.07 Å². The summed E-state index contributed by atoms with van der Waals surface area (Å²) in [5, 5.41) is 0. The molecule has 0 aliphatic heterocycles. The topological polar surface area (TPSA) is 48.1 Å². The van der Waals surface area contributed by atoms with E-state index in [0.29, 0.717) is 10.2 Å². The highest BCUT2D eigenvalue weighted by Gasteiger charge is 2.33. The molecule has 0 atom stereocenters. The van der Waals surface area contributed by atoms with E-state index < -0.39 is 11.7 Å². The van der Waals surface area contributed by atoms with Gasteiger partial charge in [0.1, 0.15) is 11.5 Å². The number of benzene rings is 1. The molecule has 3 nitrogen and oxygen atoms in total. The molecule has 0 spiro atoms. The minimum Gasteiger partial charge on any atom is -0.456 e. The molecule has 19 heavy (non-hydrogen) atoms. The van der Waals surface area contributed by atoms with E-state index in [4.69, 9.17) is 10.5 Å². The van der Waals surface area contributed by atoms with Crippen molar-refractivity contribution in [3.63, 3.8) is 0 Å². The molecule has 100 valence electrons. The second-order valence-electron chi connectivity index (χ2n) is 3.69. The average Bonchev–Trinajstić information content (AvgIpc) is 2.30. The molecule has 0 radical (unpaired) electrons. The largest absolute Gasteiger partial charge is 0.456 e. The SMILES string of the molecule is Nc1ccc(Oc2cncc(Br)c2)cc1C(F)(F)F. The van der Waals surface area contributed by atoms with Crippen LogP contribution in [0.4, 0.5) is 18.9 Å². The van der Waals surface area contributed by atoms with E-state index in [1.807, 2.05) is 0 Å². The molecule has 2 N–H and O–H groups in total. The normalized spacial score (nSPS) is 11.4. The highest BCUT2D eigenvalue weighted by molar-refractivity contribution is 9.10. The van der Waals surface area contributed by atoms with Gasteiger partial charge in [0.2, 0.25) is 0 Å². The number of anilines is 1. The zero-order valence-corrected chi connectivity index (χ0v) is 11.0. The Hall–Kier alpha value is -1.76. The maximum Gasteiger partial charge on any atom is 0.418 e. The first kappa shape index (κ1) is 13.7. The van der Waals surface area contributed by atoms with Crippen molar-refractivity contribution < 1.29 is 17.9 Å². The van der Waals surface area contributed by atoms with Crippen LogP contribution >= 0.6 is 15.9 Å². The fraction of sp³-hybridized carbons (Fsp3) is 0.0833. The van der Waals surface area contributed by atoms with Gasteiger partial charge in [-0.1, -0.05) is 0 Å². The third-order valence-electron chi connectivity index (χ3n) is 2.25. The molecule has 1 aromatic heterocycles. The van der Waals surface area contributed by atoms with Crippen molar-refractivity contribution in [1.82, 2.24) is 4.98 Å². The van der Waals surface area contributed by atoms with Crippen molar-refractivity contribution in [3.8, 4) is 11.5 Å². The number of hydrogen-bond donors (Lipinski definition) is 1. The Kier molecular flexibility index (Phi) is 3.66. The molecule has 0 saturated heterocycles. The van der Waals surface area contributed by atoms with E-state index in [9.17, 15) is 13.2 Å². The summed E-state index contributed by atoms with van der Waals surface area (Å²) in [4.78, 5) is 3.85. The van der Waals surface area contributed by atoms with E-state index in [0.717, 1.165) is 12.1 Å². The number of aromatic nitrogens is 1. The lowest BCUT2D eigenvalue weighted by Gasteiger charge is -2.12. The number of ether oxygens (including phenoxy) is 1. The van der Waals surface area contributed by atoms with Gasteiger partial charge in [-0.25, -0.2) is 0 Å². The second-order valence-corrected chi connectivity index (χ2v) is 4.60. The smallest absolute Gasteiger partial charge is 0.418 e. The monoisotopic (exact) mass is 332 g/mol. The molecule has 1 aromatic carbocycles. The zero-order valence-electron chi connectivity index (χ0n) is 9.41. The van der Waals surface area contributed by atoms with Gasteiger partial charge in [-0.05, 0) is 40.2 Å². The minimum atomic E-state index is -4.51. The number of nitrogens with zero attached hydrogens (tertiary/aromatic N) is 1. The van der Waals surface area contributed by atoms with Crippen LogP contribution in [0.1, 0.15) is 5.56 Å². The summed E-state index contributed by atoms with van der Waals surface area (Å²) >= 11 is 3.19. The molecule has 0 saturated carbocycles. The Bertz CT molecular complexity index is 602. The average molecular weight is 333 g/mol. The molecular weight excluding hydrogens is 325 g/mol. The van der Waals surface area contributed by atoms with Crippen molar-refractivity contribution in [3.05, 3.63) is 46.7 Å². The van der Waals surface area contributed by atoms with Crippen LogP contribution in [0.3, 0.4) is 0 Å². The summed E-state index contributed by atoms with van der Waals surface area (Å²) in [5.41, 5.74) is 4.03. The van der Waals surface area contributed by atoms with E-state index >= 15 is 0 Å².